The van der Waals surface area contributed by atoms with E-state index >= 15 is 0 Å². The Morgan fingerprint density at radius 2 is 1.79 bits per heavy atom. The van der Waals surface area contributed by atoms with Crippen LogP contribution in [0.5, 0.6) is 0 Å². The molecule has 1 heterocycles. The largest absolute Gasteiger partial charge is 0.368 e. The summed E-state index contributed by atoms with van der Waals surface area (Å²) in [6, 6.07) is 11.0. The minimum Gasteiger partial charge on any atom is -0.368 e. The number of nitrogens with one attached hydrogen (secondary N) is 1. The quantitative estimate of drug-likeness (QED) is 0.879. The number of piperazine rings is 1. The van der Waals surface area contributed by atoms with Gasteiger partial charge in [0, 0.05) is 37.9 Å². The van der Waals surface area contributed by atoms with E-state index in [1.54, 1.807) is 0 Å². The molecular weight excluding hydrogens is 238 g/mol. The van der Waals surface area contributed by atoms with Gasteiger partial charge in [0.1, 0.15) is 0 Å². The minimum absolute atomic E-state index is 0.250. The Kier molecular flexibility index (Phi) is 3.69. The van der Waals surface area contributed by atoms with E-state index in [4.69, 9.17) is 0 Å². The topological polar surface area (TPSA) is 35.6 Å². The molecule has 1 N–H and O–H groups in total. The van der Waals surface area contributed by atoms with Crippen molar-refractivity contribution in [2.24, 2.45) is 0 Å². The van der Waals surface area contributed by atoms with Crippen molar-refractivity contribution in [3.05, 3.63) is 30.3 Å². The molecule has 4 heteroatoms. The molecule has 3 rings (SSSR count). The molecular formula is C15H21N3O. The van der Waals surface area contributed by atoms with Gasteiger partial charge in [-0.2, -0.15) is 0 Å². The zero-order valence-corrected chi connectivity index (χ0v) is 11.2. The molecule has 1 saturated carbocycles. The van der Waals surface area contributed by atoms with E-state index in [1.807, 2.05) is 11.0 Å². The Labute approximate surface area is 114 Å². The summed E-state index contributed by atoms with van der Waals surface area (Å²) in [6.07, 6.45) is 2.46. The van der Waals surface area contributed by atoms with E-state index in [2.05, 4.69) is 34.5 Å². The number of nitrogens with zero attached hydrogens (tertiary/aromatic N) is 2. The van der Waals surface area contributed by atoms with Crippen LogP contribution >= 0.6 is 0 Å². The van der Waals surface area contributed by atoms with Gasteiger partial charge >= 0.3 is 0 Å². The third kappa shape index (κ3) is 3.26. The first-order valence-electron chi connectivity index (χ1n) is 7.14. The van der Waals surface area contributed by atoms with Gasteiger partial charge < -0.3 is 15.1 Å². The fourth-order valence-corrected chi connectivity index (χ4v) is 2.48. The number of hydrogen-bond acceptors (Lipinski definition) is 3. The summed E-state index contributed by atoms with van der Waals surface area (Å²) in [4.78, 5) is 16.3. The van der Waals surface area contributed by atoms with Crippen molar-refractivity contribution in [3.63, 3.8) is 0 Å². The summed E-state index contributed by atoms with van der Waals surface area (Å²) in [5.74, 6) is 0.250. The van der Waals surface area contributed by atoms with Crippen molar-refractivity contribution in [1.29, 1.82) is 0 Å². The second-order valence-corrected chi connectivity index (χ2v) is 5.36. The average Bonchev–Trinajstić information content (AvgIpc) is 3.30. The van der Waals surface area contributed by atoms with Crippen molar-refractivity contribution >= 4 is 11.6 Å². The van der Waals surface area contributed by atoms with Crippen LogP contribution in [0.1, 0.15) is 12.8 Å². The summed E-state index contributed by atoms with van der Waals surface area (Å²) in [7, 11) is 0. The lowest BCUT2D eigenvalue weighted by molar-refractivity contribution is -0.130. The molecule has 0 spiro atoms. The van der Waals surface area contributed by atoms with Gasteiger partial charge in [-0.25, -0.2) is 0 Å². The lowest BCUT2D eigenvalue weighted by atomic mass is 10.2. The van der Waals surface area contributed by atoms with Gasteiger partial charge in [0.2, 0.25) is 5.91 Å². The standard InChI is InChI=1S/C15H21N3O/c19-15(12-16-13-6-7-13)18-10-8-17(9-11-18)14-4-2-1-3-5-14/h1-5,13,16H,6-12H2. The molecule has 0 unspecified atom stereocenters. The van der Waals surface area contributed by atoms with Crippen LogP contribution < -0.4 is 10.2 Å². The summed E-state index contributed by atoms with van der Waals surface area (Å²) in [5.41, 5.74) is 1.26. The van der Waals surface area contributed by atoms with E-state index in [1.165, 1.54) is 18.5 Å². The van der Waals surface area contributed by atoms with Crippen LogP contribution in [0, 0.1) is 0 Å². The van der Waals surface area contributed by atoms with Gasteiger partial charge in [-0.05, 0) is 25.0 Å². The second kappa shape index (κ2) is 5.61. The molecule has 1 aliphatic carbocycles. The molecule has 0 atom stereocenters. The van der Waals surface area contributed by atoms with Crippen LogP contribution in [-0.2, 0) is 4.79 Å². The number of anilines is 1. The highest BCUT2D eigenvalue weighted by atomic mass is 16.2. The van der Waals surface area contributed by atoms with E-state index in [-0.39, 0.29) is 5.91 Å². The molecule has 1 aromatic rings. The highest BCUT2D eigenvalue weighted by molar-refractivity contribution is 5.78. The number of carbonyl (C=O) groups is 1. The Bertz CT molecular complexity index is 422. The first-order chi connectivity index (χ1) is 9.33. The number of benzene rings is 1. The monoisotopic (exact) mass is 259 g/mol. The fraction of sp³-hybridized carbons (Fsp3) is 0.533. The zero-order valence-electron chi connectivity index (χ0n) is 11.2. The van der Waals surface area contributed by atoms with Gasteiger partial charge in [-0.3, -0.25) is 4.79 Å². The summed E-state index contributed by atoms with van der Waals surface area (Å²) in [5, 5.41) is 3.29. The zero-order chi connectivity index (χ0) is 13.1. The van der Waals surface area contributed by atoms with Gasteiger partial charge in [0.15, 0.2) is 0 Å². The van der Waals surface area contributed by atoms with Gasteiger partial charge in [-0.1, -0.05) is 18.2 Å². The third-order valence-electron chi connectivity index (χ3n) is 3.87. The van der Waals surface area contributed by atoms with Crippen LogP contribution in [0.3, 0.4) is 0 Å². The van der Waals surface area contributed by atoms with Crippen LogP contribution in [0.25, 0.3) is 0 Å². The van der Waals surface area contributed by atoms with Crippen LogP contribution in [0.2, 0.25) is 0 Å². The molecule has 102 valence electrons. The molecule has 2 aliphatic rings. The van der Waals surface area contributed by atoms with Crippen molar-refractivity contribution in [3.8, 4) is 0 Å². The van der Waals surface area contributed by atoms with Gasteiger partial charge in [0.05, 0.1) is 6.54 Å². The Morgan fingerprint density at radius 3 is 2.42 bits per heavy atom. The predicted molar refractivity (Wildman–Crippen MR) is 76.3 cm³/mol. The van der Waals surface area contributed by atoms with E-state index in [9.17, 15) is 4.79 Å². The molecule has 1 saturated heterocycles. The van der Waals surface area contributed by atoms with E-state index in [0.29, 0.717) is 12.6 Å². The van der Waals surface area contributed by atoms with Crippen molar-refractivity contribution in [2.75, 3.05) is 37.6 Å². The van der Waals surface area contributed by atoms with Crippen molar-refractivity contribution in [2.45, 2.75) is 18.9 Å². The van der Waals surface area contributed by atoms with Crippen LogP contribution in [0.4, 0.5) is 5.69 Å². The Balaban J connectivity index is 1.47. The van der Waals surface area contributed by atoms with E-state index < -0.39 is 0 Å². The summed E-state index contributed by atoms with van der Waals surface area (Å²) < 4.78 is 0. The van der Waals surface area contributed by atoms with Gasteiger partial charge in [-0.15, -0.1) is 0 Å². The molecule has 4 nitrogen and oxygen atoms in total. The molecule has 1 aliphatic heterocycles. The smallest absolute Gasteiger partial charge is 0.236 e. The van der Waals surface area contributed by atoms with Crippen molar-refractivity contribution < 1.29 is 4.79 Å². The Hall–Kier alpha value is -1.55. The molecule has 0 aromatic heterocycles. The highest BCUT2D eigenvalue weighted by Crippen LogP contribution is 2.18. The van der Waals surface area contributed by atoms with Crippen LogP contribution in [-0.4, -0.2) is 49.6 Å². The fourth-order valence-electron chi connectivity index (χ4n) is 2.48. The number of rotatable bonds is 4. The third-order valence-corrected chi connectivity index (χ3v) is 3.87. The maximum Gasteiger partial charge on any atom is 0.236 e. The first kappa shape index (κ1) is 12.5. The maximum absolute atomic E-state index is 12.0. The summed E-state index contributed by atoms with van der Waals surface area (Å²) in [6.45, 7) is 4.04. The normalized spacial score (nSPS) is 19.6. The highest BCUT2D eigenvalue weighted by Gasteiger charge is 2.24. The first-order valence-corrected chi connectivity index (χ1v) is 7.14. The molecule has 0 radical (unpaired) electrons. The number of carbonyl (C=O) groups excluding carboxylic acids is 1. The minimum atomic E-state index is 0.250. The second-order valence-electron chi connectivity index (χ2n) is 5.36. The predicted octanol–water partition coefficient (Wildman–Crippen LogP) is 1.09. The summed E-state index contributed by atoms with van der Waals surface area (Å²) >= 11 is 0. The number of para-hydroxylation sites is 1. The van der Waals surface area contributed by atoms with Crippen molar-refractivity contribution in [1.82, 2.24) is 10.2 Å². The number of hydrogen-bond donors (Lipinski definition) is 1. The molecule has 1 aromatic carbocycles. The molecule has 2 fully saturated rings. The molecule has 0 bridgehead atoms. The van der Waals surface area contributed by atoms with Gasteiger partial charge in [0.25, 0.3) is 0 Å². The lowest BCUT2D eigenvalue weighted by Crippen LogP contribution is -2.51. The SMILES string of the molecule is O=C(CNC1CC1)N1CCN(c2ccccc2)CC1. The van der Waals surface area contributed by atoms with Crippen LogP contribution in [0.15, 0.2) is 30.3 Å². The maximum atomic E-state index is 12.0. The average molecular weight is 259 g/mol. The molecule has 1 amide bonds. The molecule has 19 heavy (non-hydrogen) atoms. The lowest BCUT2D eigenvalue weighted by Gasteiger charge is -2.36. The number of amides is 1. The Morgan fingerprint density at radius 1 is 1.11 bits per heavy atom. The van der Waals surface area contributed by atoms with E-state index in [0.717, 1.165) is 26.2 Å².